The number of rotatable bonds is 3. The third-order valence-electron chi connectivity index (χ3n) is 2.81. The summed E-state index contributed by atoms with van der Waals surface area (Å²) in [6, 6.07) is 2.59. The van der Waals surface area contributed by atoms with Crippen LogP contribution in [0.15, 0.2) is 17.0 Å². The molecule has 2 rings (SSSR count). The number of thioether (sulfide) groups is 1. The van der Waals surface area contributed by atoms with Gasteiger partial charge < -0.3 is 5.11 Å². The SMILES string of the molecule is CCSC1Cc2c(ccc(C(=O)O)c2Cl)S1(=O)=O. The molecule has 1 N–H and O–H groups in total. The van der Waals surface area contributed by atoms with Crippen LogP contribution in [0, 0.1) is 0 Å². The molecule has 0 bridgehead atoms. The third-order valence-corrected chi connectivity index (χ3v) is 7.13. The van der Waals surface area contributed by atoms with Crippen LogP contribution in [0.3, 0.4) is 0 Å². The van der Waals surface area contributed by atoms with E-state index in [0.29, 0.717) is 11.3 Å². The summed E-state index contributed by atoms with van der Waals surface area (Å²) < 4.78 is 23.8. The number of hydrogen-bond donors (Lipinski definition) is 1. The van der Waals surface area contributed by atoms with E-state index in [0.717, 1.165) is 0 Å². The molecule has 0 radical (unpaired) electrons. The van der Waals surface area contributed by atoms with Crippen LogP contribution in [0.1, 0.15) is 22.8 Å². The van der Waals surface area contributed by atoms with Gasteiger partial charge in [-0.3, -0.25) is 0 Å². The maximum Gasteiger partial charge on any atom is 0.337 e. The van der Waals surface area contributed by atoms with Crippen LogP contribution in [0.25, 0.3) is 0 Å². The van der Waals surface area contributed by atoms with Crippen molar-refractivity contribution in [1.29, 1.82) is 0 Å². The Morgan fingerprint density at radius 2 is 2.22 bits per heavy atom. The van der Waals surface area contributed by atoms with Gasteiger partial charge in [-0.05, 0) is 23.4 Å². The van der Waals surface area contributed by atoms with Crippen molar-refractivity contribution in [2.45, 2.75) is 22.8 Å². The second-order valence-electron chi connectivity index (χ2n) is 3.84. The predicted octanol–water partition coefficient (Wildman–Crippen LogP) is 2.45. The zero-order valence-corrected chi connectivity index (χ0v) is 11.9. The van der Waals surface area contributed by atoms with Crippen molar-refractivity contribution in [2.75, 3.05) is 5.75 Å². The summed E-state index contributed by atoms with van der Waals surface area (Å²) in [5, 5.41) is 9.00. The second-order valence-corrected chi connectivity index (χ2v) is 8.10. The summed E-state index contributed by atoms with van der Waals surface area (Å²) in [5.74, 6) is -0.465. The second kappa shape index (κ2) is 4.75. The van der Waals surface area contributed by atoms with Crippen LogP contribution < -0.4 is 0 Å². The van der Waals surface area contributed by atoms with Crippen molar-refractivity contribution in [3.05, 3.63) is 28.3 Å². The molecule has 0 saturated heterocycles. The fourth-order valence-corrected chi connectivity index (χ4v) is 5.90. The van der Waals surface area contributed by atoms with E-state index in [1.54, 1.807) is 0 Å². The van der Waals surface area contributed by atoms with Crippen molar-refractivity contribution in [3.8, 4) is 0 Å². The average Bonchev–Trinajstić information content (AvgIpc) is 2.53. The zero-order valence-electron chi connectivity index (χ0n) is 9.51. The Morgan fingerprint density at radius 1 is 1.56 bits per heavy atom. The van der Waals surface area contributed by atoms with Crippen LogP contribution in [-0.4, -0.2) is 29.8 Å². The maximum atomic E-state index is 12.2. The normalized spacial score (nSPS) is 20.7. The molecule has 1 aromatic rings. The summed E-state index contributed by atoms with van der Waals surface area (Å²) in [6.45, 7) is 1.88. The monoisotopic (exact) mass is 306 g/mol. The van der Waals surface area contributed by atoms with E-state index in [2.05, 4.69) is 0 Å². The summed E-state index contributed by atoms with van der Waals surface area (Å²) in [4.78, 5) is 11.1. The molecule has 1 aromatic carbocycles. The van der Waals surface area contributed by atoms with E-state index in [9.17, 15) is 13.2 Å². The fourth-order valence-electron chi connectivity index (χ4n) is 1.98. The molecule has 0 aliphatic carbocycles. The Hall–Kier alpha value is -0.720. The number of carbonyl (C=O) groups is 1. The first-order chi connectivity index (χ1) is 8.39. The van der Waals surface area contributed by atoms with Crippen molar-refractivity contribution >= 4 is 39.2 Å². The molecule has 0 saturated carbocycles. The molecule has 1 heterocycles. The summed E-state index contributed by atoms with van der Waals surface area (Å²) in [5.41, 5.74) is 0.385. The van der Waals surface area contributed by atoms with E-state index < -0.39 is 20.4 Å². The minimum absolute atomic E-state index is 0.0442. The van der Waals surface area contributed by atoms with Crippen molar-refractivity contribution < 1.29 is 18.3 Å². The number of hydrogen-bond acceptors (Lipinski definition) is 4. The Bertz CT molecular complexity index is 610. The van der Waals surface area contributed by atoms with E-state index in [4.69, 9.17) is 16.7 Å². The van der Waals surface area contributed by atoms with Gasteiger partial charge in [0.15, 0.2) is 9.84 Å². The zero-order chi connectivity index (χ0) is 13.5. The van der Waals surface area contributed by atoms with Crippen LogP contribution in [-0.2, 0) is 16.3 Å². The maximum absolute atomic E-state index is 12.2. The minimum Gasteiger partial charge on any atom is -0.478 e. The molecule has 0 spiro atoms. The highest BCUT2D eigenvalue weighted by Crippen LogP contribution is 2.41. The number of fused-ring (bicyclic) bond motifs is 1. The van der Waals surface area contributed by atoms with Gasteiger partial charge >= 0.3 is 5.97 Å². The first kappa shape index (κ1) is 13.7. The number of sulfone groups is 1. The highest BCUT2D eigenvalue weighted by molar-refractivity contribution is 8.13. The van der Waals surface area contributed by atoms with E-state index >= 15 is 0 Å². The number of halogens is 1. The summed E-state index contributed by atoms with van der Waals surface area (Å²) >= 11 is 7.32. The lowest BCUT2D eigenvalue weighted by Crippen LogP contribution is -2.12. The van der Waals surface area contributed by atoms with Gasteiger partial charge in [0, 0.05) is 6.42 Å². The number of carboxylic acids is 1. The molecule has 1 aliphatic rings. The van der Waals surface area contributed by atoms with Gasteiger partial charge in [-0.25, -0.2) is 13.2 Å². The smallest absolute Gasteiger partial charge is 0.337 e. The molecule has 4 nitrogen and oxygen atoms in total. The molecule has 1 aliphatic heterocycles. The minimum atomic E-state index is -3.39. The van der Waals surface area contributed by atoms with Gasteiger partial charge in [0.1, 0.15) is 4.58 Å². The van der Waals surface area contributed by atoms with Gasteiger partial charge in [-0.2, -0.15) is 0 Å². The van der Waals surface area contributed by atoms with Gasteiger partial charge in [-0.1, -0.05) is 18.5 Å². The fraction of sp³-hybridized carbons (Fsp3) is 0.364. The Kier molecular flexibility index (Phi) is 3.62. The molecule has 7 heteroatoms. The van der Waals surface area contributed by atoms with Gasteiger partial charge in [0.25, 0.3) is 0 Å². The molecular weight excluding hydrogens is 296 g/mol. The van der Waals surface area contributed by atoms with Gasteiger partial charge in [-0.15, -0.1) is 11.8 Å². The molecule has 1 unspecified atom stereocenters. The first-order valence-electron chi connectivity index (χ1n) is 5.29. The summed E-state index contributed by atoms with van der Waals surface area (Å²) in [7, 11) is -3.39. The Morgan fingerprint density at radius 3 is 2.78 bits per heavy atom. The van der Waals surface area contributed by atoms with Crippen LogP contribution in [0.5, 0.6) is 0 Å². The highest BCUT2D eigenvalue weighted by atomic mass is 35.5. The largest absolute Gasteiger partial charge is 0.478 e. The van der Waals surface area contributed by atoms with Crippen LogP contribution in [0.4, 0.5) is 0 Å². The highest BCUT2D eigenvalue weighted by Gasteiger charge is 2.39. The Balaban J connectivity index is 2.58. The molecule has 0 amide bonds. The molecule has 0 fully saturated rings. The van der Waals surface area contributed by atoms with Crippen molar-refractivity contribution in [1.82, 2.24) is 0 Å². The number of benzene rings is 1. The number of carboxylic acid groups (broad SMARTS) is 1. The van der Waals surface area contributed by atoms with E-state index in [-0.39, 0.29) is 21.9 Å². The third kappa shape index (κ3) is 2.02. The lowest BCUT2D eigenvalue weighted by molar-refractivity contribution is 0.0697. The van der Waals surface area contributed by atoms with Crippen molar-refractivity contribution in [3.63, 3.8) is 0 Å². The van der Waals surface area contributed by atoms with E-state index in [1.165, 1.54) is 23.9 Å². The average molecular weight is 307 g/mol. The van der Waals surface area contributed by atoms with Gasteiger partial charge in [0.05, 0.1) is 15.5 Å². The van der Waals surface area contributed by atoms with Crippen LogP contribution >= 0.6 is 23.4 Å². The quantitative estimate of drug-likeness (QED) is 0.928. The molecule has 18 heavy (non-hydrogen) atoms. The van der Waals surface area contributed by atoms with Gasteiger partial charge in [0.2, 0.25) is 0 Å². The van der Waals surface area contributed by atoms with E-state index in [1.807, 2.05) is 6.92 Å². The Labute approximate surface area is 114 Å². The number of aromatic carboxylic acids is 1. The molecule has 98 valence electrons. The van der Waals surface area contributed by atoms with Crippen LogP contribution in [0.2, 0.25) is 5.02 Å². The molecular formula is C11H11ClO4S2. The first-order valence-corrected chi connectivity index (χ1v) is 8.27. The summed E-state index contributed by atoms with van der Waals surface area (Å²) in [6.07, 6.45) is 0.274. The molecule has 0 aromatic heterocycles. The topological polar surface area (TPSA) is 71.4 Å². The predicted molar refractivity (Wildman–Crippen MR) is 71.2 cm³/mol. The standard InChI is InChI=1S/C11H11ClO4S2/c1-2-17-9-5-7-8(18(9,15)16)4-3-6(10(7)12)11(13)14/h3-4,9H,2,5H2,1H3,(H,13,14). The molecule has 1 atom stereocenters. The van der Waals surface area contributed by atoms with Crippen molar-refractivity contribution in [2.24, 2.45) is 0 Å². The lowest BCUT2D eigenvalue weighted by atomic mass is 10.1. The lowest BCUT2D eigenvalue weighted by Gasteiger charge is -2.06.